The van der Waals surface area contributed by atoms with E-state index in [1.54, 1.807) is 42.0 Å². The third kappa shape index (κ3) is 10.1. The van der Waals surface area contributed by atoms with E-state index in [1.165, 1.54) is 0 Å². The van der Waals surface area contributed by atoms with Crippen molar-refractivity contribution in [1.29, 1.82) is 0 Å². The van der Waals surface area contributed by atoms with Crippen LogP contribution in [0.15, 0.2) is 91.0 Å². The van der Waals surface area contributed by atoms with Gasteiger partial charge in [0.25, 0.3) is 5.91 Å². The second-order valence-corrected chi connectivity index (χ2v) is 13.6. The van der Waals surface area contributed by atoms with E-state index in [0.717, 1.165) is 35.6 Å². The Balaban J connectivity index is 1.38. The lowest BCUT2D eigenvalue weighted by Crippen LogP contribution is -2.48. The molecule has 270 valence electrons. The number of aliphatic hydroxyl groups is 1. The lowest BCUT2D eigenvalue weighted by molar-refractivity contribution is -0.131. The largest absolute Gasteiger partial charge is 0.490 e. The van der Waals surface area contributed by atoms with Gasteiger partial charge >= 0.3 is 6.03 Å². The van der Waals surface area contributed by atoms with Crippen LogP contribution >= 0.6 is 0 Å². The van der Waals surface area contributed by atoms with Crippen LogP contribution in [-0.2, 0) is 16.0 Å². The number of likely N-dealkylation sites (N-methyl/N-ethyl adjacent to an activating group) is 1. The van der Waals surface area contributed by atoms with Crippen molar-refractivity contribution < 1.29 is 29.0 Å². The summed E-state index contributed by atoms with van der Waals surface area (Å²) < 4.78 is 12.7. The van der Waals surface area contributed by atoms with Crippen molar-refractivity contribution in [2.75, 3.05) is 44.0 Å². The van der Waals surface area contributed by atoms with Crippen LogP contribution in [-0.4, -0.2) is 84.4 Å². The van der Waals surface area contributed by atoms with Gasteiger partial charge in [-0.1, -0.05) is 73.7 Å². The Kier molecular flexibility index (Phi) is 13.0. The molecule has 0 spiro atoms. The monoisotopic (exact) mass is 694 g/mol. The molecule has 1 aliphatic heterocycles. The Morgan fingerprint density at radius 3 is 2.49 bits per heavy atom. The number of nitrogens with one attached hydrogen (secondary N) is 2. The van der Waals surface area contributed by atoms with E-state index in [-0.39, 0.29) is 55.1 Å². The first-order valence-corrected chi connectivity index (χ1v) is 17.8. The third-order valence-corrected chi connectivity index (χ3v) is 9.42. The molecule has 0 fully saturated rings. The summed E-state index contributed by atoms with van der Waals surface area (Å²) in [6.45, 7) is 6.65. The zero-order chi connectivity index (χ0) is 36.3. The number of benzene rings is 4. The van der Waals surface area contributed by atoms with Crippen molar-refractivity contribution in [2.24, 2.45) is 5.92 Å². The van der Waals surface area contributed by atoms with Crippen LogP contribution < -0.4 is 15.4 Å². The van der Waals surface area contributed by atoms with Crippen molar-refractivity contribution in [3.8, 4) is 5.75 Å². The number of carbonyl (C=O) groups is 3. The number of amides is 4. The van der Waals surface area contributed by atoms with E-state index in [4.69, 9.17) is 9.47 Å². The van der Waals surface area contributed by atoms with Crippen molar-refractivity contribution in [3.63, 3.8) is 0 Å². The average molecular weight is 695 g/mol. The second kappa shape index (κ2) is 17.8. The highest BCUT2D eigenvalue weighted by Gasteiger charge is 2.31. The van der Waals surface area contributed by atoms with Gasteiger partial charge in [0.1, 0.15) is 5.75 Å². The molecule has 0 radical (unpaired) electrons. The van der Waals surface area contributed by atoms with Crippen LogP contribution in [0.3, 0.4) is 0 Å². The van der Waals surface area contributed by atoms with Crippen molar-refractivity contribution in [2.45, 2.75) is 64.7 Å². The van der Waals surface area contributed by atoms with Crippen LogP contribution in [0.4, 0.5) is 16.2 Å². The molecule has 4 atom stereocenters. The Hall–Kier alpha value is -4.93. The lowest BCUT2D eigenvalue weighted by Gasteiger charge is -2.36. The molecule has 3 N–H and O–H groups in total. The maximum Gasteiger partial charge on any atom is 0.323 e. The molecule has 0 saturated heterocycles. The normalized spacial score (nSPS) is 19.3. The molecular weight excluding hydrogens is 644 g/mol. The Morgan fingerprint density at radius 1 is 0.961 bits per heavy atom. The summed E-state index contributed by atoms with van der Waals surface area (Å²) in [5.74, 6) is -0.133. The number of hydrogen-bond donors (Lipinski definition) is 3. The van der Waals surface area contributed by atoms with Gasteiger partial charge in [0.2, 0.25) is 5.91 Å². The minimum Gasteiger partial charge on any atom is -0.490 e. The number of ether oxygens (including phenoxy) is 2. The van der Waals surface area contributed by atoms with Crippen LogP contribution in [0.5, 0.6) is 5.75 Å². The van der Waals surface area contributed by atoms with Gasteiger partial charge in [-0.2, -0.15) is 0 Å². The summed E-state index contributed by atoms with van der Waals surface area (Å²) in [6.07, 6.45) is 2.17. The van der Waals surface area contributed by atoms with E-state index in [0.29, 0.717) is 30.3 Å². The Morgan fingerprint density at radius 2 is 1.71 bits per heavy atom. The quantitative estimate of drug-likeness (QED) is 0.183. The first-order valence-electron chi connectivity index (χ1n) is 17.8. The molecule has 10 heteroatoms. The molecule has 51 heavy (non-hydrogen) atoms. The van der Waals surface area contributed by atoms with E-state index in [2.05, 4.69) is 10.6 Å². The van der Waals surface area contributed by atoms with E-state index in [9.17, 15) is 19.5 Å². The highest BCUT2D eigenvalue weighted by atomic mass is 16.5. The van der Waals surface area contributed by atoms with Crippen molar-refractivity contribution >= 4 is 40.0 Å². The summed E-state index contributed by atoms with van der Waals surface area (Å²) in [5, 5.41) is 18.0. The smallest absolute Gasteiger partial charge is 0.323 e. The zero-order valence-electron chi connectivity index (χ0n) is 30.0. The summed E-state index contributed by atoms with van der Waals surface area (Å²) in [5.41, 5.74) is 2.31. The first-order chi connectivity index (χ1) is 24.6. The van der Waals surface area contributed by atoms with Gasteiger partial charge in [-0.05, 0) is 68.3 Å². The molecular formula is C41H50N4O6. The number of hydrogen-bond acceptors (Lipinski definition) is 6. The molecule has 0 aliphatic carbocycles. The van der Waals surface area contributed by atoms with E-state index < -0.39 is 12.1 Å². The molecule has 1 aliphatic rings. The molecule has 0 saturated carbocycles. The molecule has 0 aromatic heterocycles. The summed E-state index contributed by atoms with van der Waals surface area (Å²) in [4.78, 5) is 44.2. The maximum absolute atomic E-state index is 14.5. The number of anilines is 2. The minimum absolute atomic E-state index is 0.0162. The standard InChI is InChI=1S/C41H50N4O6/c1-28-25-45(29(2)27-46)40(48)35-24-33(42-41(49)43-36-19-12-17-32-16-8-9-18-34(32)36)20-21-37(35)51-30(3)13-10-11-22-50-38(28)26-44(4)39(47)23-31-14-6-5-7-15-31/h5-9,12,14-21,24,28-30,38,46H,10-11,13,22-23,25-27H2,1-4H3,(H2,42,43,49)/t28-,29+,30+,38+/m0/s1. The van der Waals surface area contributed by atoms with Gasteiger partial charge in [-0.15, -0.1) is 0 Å². The maximum atomic E-state index is 14.5. The molecule has 1 heterocycles. The van der Waals surface area contributed by atoms with Crippen LogP contribution in [0.25, 0.3) is 10.8 Å². The number of carbonyl (C=O) groups excluding carboxylic acids is 3. The minimum atomic E-state index is -0.525. The second-order valence-electron chi connectivity index (χ2n) is 13.6. The molecule has 0 bridgehead atoms. The van der Waals surface area contributed by atoms with E-state index in [1.807, 2.05) is 86.6 Å². The average Bonchev–Trinajstić information content (AvgIpc) is 3.13. The Bertz CT molecular complexity index is 1780. The number of rotatable bonds is 8. The SMILES string of the molecule is C[C@@H]1CCCCO[C@H](CN(C)C(=O)Cc2ccccc2)[C@@H](C)CN([C@H](C)CO)C(=O)c2cc(NC(=O)Nc3cccc4ccccc34)ccc2O1. The van der Waals surface area contributed by atoms with Gasteiger partial charge in [0.15, 0.2) is 0 Å². The van der Waals surface area contributed by atoms with Crippen LogP contribution in [0, 0.1) is 5.92 Å². The lowest BCUT2D eigenvalue weighted by atomic mass is 10.0. The summed E-state index contributed by atoms with van der Waals surface area (Å²) >= 11 is 0. The number of fused-ring (bicyclic) bond motifs is 2. The van der Waals surface area contributed by atoms with Gasteiger partial charge in [-0.25, -0.2) is 4.79 Å². The number of urea groups is 1. The highest BCUT2D eigenvalue weighted by Crippen LogP contribution is 2.29. The molecule has 4 amide bonds. The fourth-order valence-electron chi connectivity index (χ4n) is 6.36. The molecule has 5 rings (SSSR count). The van der Waals surface area contributed by atoms with Crippen LogP contribution in [0.2, 0.25) is 0 Å². The van der Waals surface area contributed by atoms with Crippen LogP contribution in [0.1, 0.15) is 56.0 Å². The fourth-order valence-corrected chi connectivity index (χ4v) is 6.36. The molecule has 4 aromatic rings. The van der Waals surface area contributed by atoms with Gasteiger partial charge < -0.3 is 35.0 Å². The van der Waals surface area contributed by atoms with Gasteiger partial charge in [-0.3, -0.25) is 9.59 Å². The first kappa shape index (κ1) is 37.3. The van der Waals surface area contributed by atoms with E-state index >= 15 is 0 Å². The molecule has 10 nitrogen and oxygen atoms in total. The van der Waals surface area contributed by atoms with Crippen molar-refractivity contribution in [1.82, 2.24) is 9.80 Å². The summed E-state index contributed by atoms with van der Waals surface area (Å²) in [7, 11) is 1.78. The number of aliphatic hydroxyl groups excluding tert-OH is 1. The third-order valence-electron chi connectivity index (χ3n) is 9.42. The molecule has 4 aromatic carbocycles. The predicted molar refractivity (Wildman–Crippen MR) is 201 cm³/mol. The number of nitrogens with zero attached hydrogens (tertiary/aromatic N) is 2. The fraction of sp³-hybridized carbons (Fsp3) is 0.390. The Labute approximate surface area is 300 Å². The van der Waals surface area contributed by atoms with Crippen molar-refractivity contribution in [3.05, 3.63) is 102 Å². The zero-order valence-corrected chi connectivity index (χ0v) is 30.0. The van der Waals surface area contributed by atoms with Gasteiger partial charge in [0.05, 0.1) is 42.5 Å². The summed E-state index contributed by atoms with van der Waals surface area (Å²) in [6, 6.07) is 27.2. The molecule has 0 unspecified atom stereocenters. The van der Waals surface area contributed by atoms with Gasteiger partial charge in [0, 0.05) is 43.7 Å². The predicted octanol–water partition coefficient (Wildman–Crippen LogP) is 6.98. The topological polar surface area (TPSA) is 120 Å². The highest BCUT2D eigenvalue weighted by molar-refractivity contribution is 6.07.